The standard InChI is InChI=1S/C15H30O/c1-9-11-15(10-2,14(6,7)8)12(16)13(3,4)5/h9-11H2,1-8H3. The molecular weight excluding hydrogens is 196 g/mol. The molecule has 0 saturated heterocycles. The molecule has 0 aliphatic carbocycles. The SMILES string of the molecule is CCCC(CC)(C(=O)C(C)(C)C)C(C)(C)C. The van der Waals surface area contributed by atoms with Crippen molar-refractivity contribution in [1.82, 2.24) is 0 Å². The Morgan fingerprint density at radius 1 is 0.938 bits per heavy atom. The molecule has 0 spiro atoms. The number of rotatable bonds is 4. The van der Waals surface area contributed by atoms with Gasteiger partial charge >= 0.3 is 0 Å². The molecule has 1 unspecified atom stereocenters. The number of ketones is 1. The summed E-state index contributed by atoms with van der Waals surface area (Å²) in [6.07, 6.45) is 3.02. The van der Waals surface area contributed by atoms with Gasteiger partial charge in [0.2, 0.25) is 0 Å². The molecular formula is C15H30O. The number of carbonyl (C=O) groups is 1. The highest BCUT2D eigenvalue weighted by atomic mass is 16.1. The molecule has 0 radical (unpaired) electrons. The number of hydrogen-bond acceptors (Lipinski definition) is 1. The Morgan fingerprint density at radius 3 is 1.56 bits per heavy atom. The van der Waals surface area contributed by atoms with Gasteiger partial charge in [-0.25, -0.2) is 0 Å². The van der Waals surface area contributed by atoms with Crippen LogP contribution in [0.3, 0.4) is 0 Å². The zero-order chi connectivity index (χ0) is 13.2. The molecule has 0 saturated carbocycles. The molecule has 0 N–H and O–H groups in total. The van der Waals surface area contributed by atoms with Crippen LogP contribution in [0.4, 0.5) is 0 Å². The van der Waals surface area contributed by atoms with Crippen LogP contribution in [0.5, 0.6) is 0 Å². The van der Waals surface area contributed by atoms with E-state index in [1.807, 2.05) is 20.8 Å². The van der Waals surface area contributed by atoms with Crippen molar-refractivity contribution in [2.75, 3.05) is 0 Å². The summed E-state index contributed by atoms with van der Waals surface area (Å²) >= 11 is 0. The van der Waals surface area contributed by atoms with Crippen molar-refractivity contribution < 1.29 is 4.79 Å². The van der Waals surface area contributed by atoms with E-state index in [4.69, 9.17) is 0 Å². The minimum absolute atomic E-state index is 0.0438. The molecule has 0 fully saturated rings. The third kappa shape index (κ3) is 2.87. The van der Waals surface area contributed by atoms with Crippen LogP contribution in [-0.2, 0) is 4.79 Å². The summed E-state index contributed by atoms with van der Waals surface area (Å²) in [7, 11) is 0. The summed E-state index contributed by atoms with van der Waals surface area (Å²) in [6, 6.07) is 0. The summed E-state index contributed by atoms with van der Waals surface area (Å²) in [5, 5.41) is 0. The van der Waals surface area contributed by atoms with Crippen molar-refractivity contribution in [3.8, 4) is 0 Å². The van der Waals surface area contributed by atoms with Crippen LogP contribution in [0.1, 0.15) is 74.7 Å². The summed E-state index contributed by atoms with van der Waals surface area (Å²) in [5.74, 6) is 0.428. The Labute approximate surface area is 102 Å². The Bertz CT molecular complexity index is 239. The topological polar surface area (TPSA) is 17.1 Å². The minimum Gasteiger partial charge on any atom is -0.298 e. The van der Waals surface area contributed by atoms with E-state index in [9.17, 15) is 4.79 Å². The third-order valence-electron chi connectivity index (χ3n) is 3.83. The Hall–Kier alpha value is -0.330. The summed E-state index contributed by atoms with van der Waals surface area (Å²) < 4.78 is 0. The van der Waals surface area contributed by atoms with Crippen molar-refractivity contribution >= 4 is 5.78 Å². The second kappa shape index (κ2) is 4.89. The Morgan fingerprint density at radius 2 is 1.38 bits per heavy atom. The fourth-order valence-electron chi connectivity index (χ4n) is 2.84. The largest absolute Gasteiger partial charge is 0.298 e. The van der Waals surface area contributed by atoms with Crippen molar-refractivity contribution in [1.29, 1.82) is 0 Å². The van der Waals surface area contributed by atoms with Crippen LogP contribution < -0.4 is 0 Å². The Balaban J connectivity index is 5.47. The summed E-state index contributed by atoms with van der Waals surface area (Å²) in [5.41, 5.74) is -0.361. The fourth-order valence-corrected chi connectivity index (χ4v) is 2.84. The summed E-state index contributed by atoms with van der Waals surface area (Å²) in [4.78, 5) is 12.8. The van der Waals surface area contributed by atoms with Gasteiger partial charge in [-0.05, 0) is 18.3 Å². The van der Waals surface area contributed by atoms with Crippen molar-refractivity contribution in [3.63, 3.8) is 0 Å². The molecule has 0 amide bonds. The van der Waals surface area contributed by atoms with Crippen molar-refractivity contribution in [2.24, 2.45) is 16.2 Å². The van der Waals surface area contributed by atoms with Crippen LogP contribution in [0.2, 0.25) is 0 Å². The second-order valence-electron chi connectivity index (χ2n) is 7.01. The first kappa shape index (κ1) is 15.7. The Kier molecular flexibility index (Phi) is 4.79. The van der Waals surface area contributed by atoms with Gasteiger partial charge in [-0.1, -0.05) is 61.8 Å². The van der Waals surface area contributed by atoms with E-state index in [0.717, 1.165) is 19.3 Å². The summed E-state index contributed by atoms with van der Waals surface area (Å²) in [6.45, 7) is 17.1. The van der Waals surface area contributed by atoms with Crippen molar-refractivity contribution in [2.45, 2.75) is 74.7 Å². The third-order valence-corrected chi connectivity index (χ3v) is 3.83. The van der Waals surface area contributed by atoms with Crippen LogP contribution in [0.25, 0.3) is 0 Å². The molecule has 0 heterocycles. The number of carbonyl (C=O) groups excluding carboxylic acids is 1. The van der Waals surface area contributed by atoms with Crippen LogP contribution in [0, 0.1) is 16.2 Å². The highest BCUT2D eigenvalue weighted by Crippen LogP contribution is 2.49. The average molecular weight is 226 g/mol. The molecule has 16 heavy (non-hydrogen) atoms. The molecule has 0 aromatic rings. The van der Waals surface area contributed by atoms with E-state index in [2.05, 4.69) is 34.6 Å². The van der Waals surface area contributed by atoms with E-state index >= 15 is 0 Å². The molecule has 1 heteroatoms. The predicted octanol–water partition coefficient (Wildman–Crippen LogP) is 4.84. The van der Waals surface area contributed by atoms with Gasteiger partial charge in [0.05, 0.1) is 0 Å². The van der Waals surface area contributed by atoms with Crippen LogP contribution in [0.15, 0.2) is 0 Å². The maximum atomic E-state index is 12.8. The highest BCUT2D eigenvalue weighted by molar-refractivity contribution is 5.90. The van der Waals surface area contributed by atoms with Gasteiger partial charge in [0.25, 0.3) is 0 Å². The monoisotopic (exact) mass is 226 g/mol. The van der Waals surface area contributed by atoms with Gasteiger partial charge in [0.15, 0.2) is 0 Å². The lowest BCUT2D eigenvalue weighted by molar-refractivity contribution is -0.145. The lowest BCUT2D eigenvalue weighted by Crippen LogP contribution is -2.47. The normalized spacial score (nSPS) is 17.0. The average Bonchev–Trinajstić information content (AvgIpc) is 2.09. The quantitative estimate of drug-likeness (QED) is 0.670. The molecule has 1 nitrogen and oxygen atoms in total. The lowest BCUT2D eigenvalue weighted by Gasteiger charge is -2.46. The minimum atomic E-state index is -0.238. The molecule has 96 valence electrons. The number of hydrogen-bond donors (Lipinski definition) is 0. The second-order valence-corrected chi connectivity index (χ2v) is 7.01. The lowest BCUT2D eigenvalue weighted by atomic mass is 9.56. The van der Waals surface area contributed by atoms with E-state index in [1.165, 1.54) is 0 Å². The van der Waals surface area contributed by atoms with E-state index < -0.39 is 0 Å². The van der Waals surface area contributed by atoms with Gasteiger partial charge in [0.1, 0.15) is 5.78 Å². The van der Waals surface area contributed by atoms with E-state index in [0.29, 0.717) is 5.78 Å². The van der Waals surface area contributed by atoms with Gasteiger partial charge in [0, 0.05) is 10.8 Å². The first-order valence-electron chi connectivity index (χ1n) is 6.58. The molecule has 0 bridgehead atoms. The maximum absolute atomic E-state index is 12.8. The predicted molar refractivity (Wildman–Crippen MR) is 71.5 cm³/mol. The number of Topliss-reactive ketones (excluding diaryl/α,β-unsaturated/α-hetero) is 1. The molecule has 0 rings (SSSR count). The fraction of sp³-hybridized carbons (Fsp3) is 0.933. The van der Waals surface area contributed by atoms with E-state index in [-0.39, 0.29) is 16.2 Å². The van der Waals surface area contributed by atoms with Gasteiger partial charge in [-0.3, -0.25) is 4.79 Å². The van der Waals surface area contributed by atoms with Crippen molar-refractivity contribution in [3.05, 3.63) is 0 Å². The highest BCUT2D eigenvalue weighted by Gasteiger charge is 2.49. The van der Waals surface area contributed by atoms with Gasteiger partial charge < -0.3 is 0 Å². The zero-order valence-electron chi connectivity index (χ0n) is 12.5. The molecule has 1 atom stereocenters. The van der Waals surface area contributed by atoms with Crippen LogP contribution in [-0.4, -0.2) is 5.78 Å². The molecule has 0 aromatic heterocycles. The first-order valence-corrected chi connectivity index (χ1v) is 6.58. The molecule has 0 aromatic carbocycles. The van der Waals surface area contributed by atoms with Gasteiger partial charge in [-0.15, -0.1) is 0 Å². The maximum Gasteiger partial charge on any atom is 0.144 e. The molecule has 0 aliphatic heterocycles. The van der Waals surface area contributed by atoms with Gasteiger partial charge in [-0.2, -0.15) is 0 Å². The van der Waals surface area contributed by atoms with Crippen LogP contribution >= 0.6 is 0 Å². The smallest absolute Gasteiger partial charge is 0.144 e. The molecule has 0 aliphatic rings. The zero-order valence-corrected chi connectivity index (χ0v) is 12.5. The first-order chi connectivity index (χ1) is 7.03. The van der Waals surface area contributed by atoms with E-state index in [1.54, 1.807) is 0 Å².